The quantitative estimate of drug-likeness (QED) is 0.0931. The number of aliphatic carboxylic acids is 1. The minimum Gasteiger partial charge on any atom is -0.479 e. The Balaban J connectivity index is 1.07. The molecule has 17 heteroatoms. The molecule has 3 heterocycles. The van der Waals surface area contributed by atoms with Gasteiger partial charge in [0, 0.05) is 64.1 Å². The Labute approximate surface area is 288 Å². The van der Waals surface area contributed by atoms with Gasteiger partial charge >= 0.3 is 18.1 Å². The monoisotopic (exact) mass is 700 g/mol. The molecule has 266 valence electrons. The van der Waals surface area contributed by atoms with E-state index in [1.807, 2.05) is 6.07 Å². The molecule has 3 atom stereocenters. The summed E-state index contributed by atoms with van der Waals surface area (Å²) in [6.07, 6.45) is 2.71. The Morgan fingerprint density at radius 2 is 1.88 bits per heavy atom. The number of nitrogens with zero attached hydrogens (tertiary/aromatic N) is 5. The molecular formula is C32H44N8O8S. The molecule has 2 fully saturated rings. The fraction of sp³-hybridized carbons (Fsp3) is 0.531. The maximum Gasteiger partial charge on any atom is 0.409 e. The van der Waals surface area contributed by atoms with E-state index in [0.717, 1.165) is 30.4 Å². The summed E-state index contributed by atoms with van der Waals surface area (Å²) in [5.74, 6) is 0.855. The van der Waals surface area contributed by atoms with Crippen molar-refractivity contribution < 1.29 is 38.8 Å². The van der Waals surface area contributed by atoms with E-state index in [-0.39, 0.29) is 50.0 Å². The molecule has 3 unspecified atom stereocenters. The van der Waals surface area contributed by atoms with E-state index >= 15 is 0 Å². The lowest BCUT2D eigenvalue weighted by atomic mass is 9.87. The number of nitrogen functional groups attached to an aromatic ring is 1. The fourth-order valence-electron chi connectivity index (χ4n) is 5.48. The highest BCUT2D eigenvalue weighted by Gasteiger charge is 2.34. The van der Waals surface area contributed by atoms with Crippen LogP contribution in [-0.2, 0) is 20.9 Å². The number of carbonyl (C=O) groups excluding carboxylic acids is 2. The largest absolute Gasteiger partial charge is 0.479 e. The lowest BCUT2D eigenvalue weighted by molar-refractivity contribution is -0.195. The third-order valence-electron chi connectivity index (χ3n) is 8.37. The molecule has 0 spiro atoms. The number of fused-ring (bicyclic) bond motifs is 1. The molecule has 2 aromatic heterocycles. The van der Waals surface area contributed by atoms with Gasteiger partial charge in [-0.05, 0) is 43.0 Å². The van der Waals surface area contributed by atoms with Crippen molar-refractivity contribution in [2.45, 2.75) is 76.2 Å². The molecule has 1 aliphatic carbocycles. The number of nitrogens with two attached hydrogens (primary N) is 1. The number of carboxylic acids is 1. The molecule has 3 aromatic rings. The van der Waals surface area contributed by atoms with Crippen LogP contribution in [-0.4, -0.2) is 116 Å². The first-order valence-corrected chi connectivity index (χ1v) is 17.2. The maximum absolute atomic E-state index is 13.3. The first kappa shape index (κ1) is 36.0. The SMILES string of the molecule is CCCSNC1CC(Nc2ncnc3c2ccn3C(=O)N(C)CCN(C)C(=O)OCc2ccc(OC3CC(O)CC(C(=O)O)O3)c(N)c2)C1. The van der Waals surface area contributed by atoms with Crippen LogP contribution in [0.3, 0.4) is 0 Å². The van der Waals surface area contributed by atoms with Crippen LogP contribution in [0.1, 0.15) is 44.6 Å². The number of carboxylic acid groups (broad SMARTS) is 1. The normalized spacial score (nSPS) is 21.8. The predicted octanol–water partition coefficient (Wildman–Crippen LogP) is 3.10. The zero-order chi connectivity index (χ0) is 35.1. The summed E-state index contributed by atoms with van der Waals surface area (Å²) >= 11 is 1.77. The number of aliphatic hydroxyl groups excluding tert-OH is 1. The molecule has 1 saturated heterocycles. The summed E-state index contributed by atoms with van der Waals surface area (Å²) in [4.78, 5) is 48.9. The third-order valence-corrected chi connectivity index (χ3v) is 9.48. The van der Waals surface area contributed by atoms with E-state index in [0.29, 0.717) is 29.1 Å². The smallest absolute Gasteiger partial charge is 0.409 e. The zero-order valence-corrected chi connectivity index (χ0v) is 28.6. The average Bonchev–Trinajstić information content (AvgIpc) is 3.50. The molecule has 1 saturated carbocycles. The van der Waals surface area contributed by atoms with Gasteiger partial charge in [0.1, 0.15) is 24.5 Å². The van der Waals surface area contributed by atoms with E-state index < -0.39 is 30.6 Å². The standard InChI is InChI=1S/C32H44N8O8S/c1-4-11-49-37-21-13-20(14-21)36-28-23-7-8-40(29(23)35-18-34-28)31(44)38(2)9-10-39(3)32(45)46-17-19-5-6-25(24(33)12-19)47-27-16-22(41)15-26(48-27)30(42)43/h5-8,12,18,20-22,26-27,37,41H,4,9-11,13-17,33H2,1-3H3,(H,42,43)(H,34,35,36). The van der Waals surface area contributed by atoms with Crippen molar-refractivity contribution in [3.63, 3.8) is 0 Å². The number of nitrogens with one attached hydrogen (secondary N) is 2. The number of aromatic nitrogens is 3. The number of ether oxygens (including phenoxy) is 3. The molecule has 16 nitrogen and oxygen atoms in total. The van der Waals surface area contributed by atoms with Gasteiger partial charge in [-0.1, -0.05) is 24.9 Å². The van der Waals surface area contributed by atoms with Gasteiger partial charge in [0.15, 0.2) is 11.8 Å². The number of rotatable bonds is 14. The Morgan fingerprint density at radius 1 is 1.10 bits per heavy atom. The lowest BCUT2D eigenvalue weighted by Crippen LogP contribution is -2.45. The summed E-state index contributed by atoms with van der Waals surface area (Å²) in [6, 6.07) is 7.09. The summed E-state index contributed by atoms with van der Waals surface area (Å²) in [5, 5.41) is 23.4. The van der Waals surface area contributed by atoms with E-state index in [9.17, 15) is 24.6 Å². The van der Waals surface area contributed by atoms with Gasteiger partial charge in [-0.15, -0.1) is 0 Å². The van der Waals surface area contributed by atoms with E-state index in [4.69, 9.17) is 19.9 Å². The highest BCUT2D eigenvalue weighted by atomic mass is 32.2. The number of aliphatic hydroxyl groups is 1. The first-order chi connectivity index (χ1) is 23.5. The van der Waals surface area contributed by atoms with Gasteiger partial charge in [0.2, 0.25) is 6.29 Å². The minimum atomic E-state index is -1.18. The number of hydrogen-bond acceptors (Lipinski definition) is 13. The van der Waals surface area contributed by atoms with Gasteiger partial charge in [-0.2, -0.15) is 0 Å². The minimum absolute atomic E-state index is 0.0213. The van der Waals surface area contributed by atoms with Crippen molar-refractivity contribution in [2.24, 2.45) is 0 Å². The molecular weight excluding hydrogens is 656 g/mol. The Morgan fingerprint density at radius 3 is 2.61 bits per heavy atom. The number of anilines is 2. The molecule has 1 aliphatic heterocycles. The van der Waals surface area contributed by atoms with Crippen molar-refractivity contribution in [2.75, 3.05) is 44.0 Å². The molecule has 2 aliphatic rings. The fourth-order valence-corrected chi connectivity index (χ4v) is 6.23. The molecule has 5 rings (SSSR count). The zero-order valence-electron chi connectivity index (χ0n) is 27.8. The average molecular weight is 701 g/mol. The summed E-state index contributed by atoms with van der Waals surface area (Å²) in [6.45, 7) is 2.56. The van der Waals surface area contributed by atoms with Crippen molar-refractivity contribution in [3.8, 4) is 5.75 Å². The van der Waals surface area contributed by atoms with Crippen LogP contribution >= 0.6 is 11.9 Å². The second kappa shape index (κ2) is 16.4. The number of carbonyl (C=O) groups is 3. The molecule has 1 aromatic carbocycles. The van der Waals surface area contributed by atoms with Crippen molar-refractivity contribution in [1.29, 1.82) is 0 Å². The van der Waals surface area contributed by atoms with Crippen LogP contribution in [0.4, 0.5) is 21.1 Å². The second-order valence-electron chi connectivity index (χ2n) is 12.3. The highest BCUT2D eigenvalue weighted by Crippen LogP contribution is 2.30. The van der Waals surface area contributed by atoms with Crippen LogP contribution in [0.15, 0.2) is 36.8 Å². The van der Waals surface area contributed by atoms with Gasteiger partial charge in [-0.25, -0.2) is 24.4 Å². The van der Waals surface area contributed by atoms with Gasteiger partial charge in [0.05, 0.1) is 17.2 Å². The lowest BCUT2D eigenvalue weighted by Gasteiger charge is -2.36. The number of benzene rings is 1. The van der Waals surface area contributed by atoms with Crippen LogP contribution < -0.4 is 20.5 Å². The number of amides is 2. The maximum atomic E-state index is 13.3. The summed E-state index contributed by atoms with van der Waals surface area (Å²) < 4.78 is 21.5. The van der Waals surface area contributed by atoms with Crippen LogP contribution in [0.5, 0.6) is 5.75 Å². The third kappa shape index (κ3) is 9.23. The summed E-state index contributed by atoms with van der Waals surface area (Å²) in [5.41, 5.74) is 7.44. The molecule has 6 N–H and O–H groups in total. The topological polar surface area (TPSA) is 207 Å². The first-order valence-electron chi connectivity index (χ1n) is 16.2. The van der Waals surface area contributed by atoms with Gasteiger partial charge in [-0.3, -0.25) is 9.29 Å². The number of likely N-dealkylation sites (N-methyl/N-ethyl adjacent to an activating group) is 2. The summed E-state index contributed by atoms with van der Waals surface area (Å²) in [7, 11) is 3.23. The van der Waals surface area contributed by atoms with Crippen LogP contribution in [0.2, 0.25) is 0 Å². The molecule has 0 radical (unpaired) electrons. The van der Waals surface area contributed by atoms with Crippen molar-refractivity contribution >= 4 is 52.6 Å². The molecule has 0 bridgehead atoms. The van der Waals surface area contributed by atoms with Gasteiger partial charge < -0.3 is 45.3 Å². The number of hydrogen-bond donors (Lipinski definition) is 5. The Bertz CT molecular complexity index is 1620. The second-order valence-corrected chi connectivity index (χ2v) is 13.2. The van der Waals surface area contributed by atoms with Crippen molar-refractivity contribution in [1.82, 2.24) is 29.1 Å². The predicted molar refractivity (Wildman–Crippen MR) is 183 cm³/mol. The van der Waals surface area contributed by atoms with Gasteiger partial charge in [0.25, 0.3) is 0 Å². The van der Waals surface area contributed by atoms with E-state index in [1.165, 1.54) is 20.7 Å². The Kier molecular flexibility index (Phi) is 12.0. The van der Waals surface area contributed by atoms with Crippen LogP contribution in [0.25, 0.3) is 11.0 Å². The molecule has 2 amide bonds. The van der Waals surface area contributed by atoms with E-state index in [1.54, 1.807) is 50.4 Å². The van der Waals surface area contributed by atoms with Crippen molar-refractivity contribution in [3.05, 3.63) is 42.4 Å². The van der Waals surface area contributed by atoms with E-state index in [2.05, 4.69) is 26.9 Å². The Hall–Kier alpha value is -4.32. The highest BCUT2D eigenvalue weighted by molar-refractivity contribution is 7.97. The van der Waals surface area contributed by atoms with Crippen LogP contribution in [0, 0.1) is 0 Å². The molecule has 49 heavy (non-hydrogen) atoms.